The van der Waals surface area contributed by atoms with Crippen molar-refractivity contribution in [3.05, 3.63) is 169 Å². The Kier molecular flexibility index (Phi) is 7.22. The Labute approximate surface area is 283 Å². The second-order valence-corrected chi connectivity index (χ2v) is 11.8. The zero-order chi connectivity index (χ0) is 33.5. The van der Waals surface area contributed by atoms with E-state index in [2.05, 4.69) is 93.5 Å². The fraction of sp³-hybridized carbons (Fsp3) is 0.0227. The van der Waals surface area contributed by atoms with E-state index in [9.17, 15) is 10.5 Å². The third-order valence-electron chi connectivity index (χ3n) is 9.19. The highest BCUT2D eigenvalue weighted by molar-refractivity contribution is 6.15. The van der Waals surface area contributed by atoms with Crippen molar-refractivity contribution in [2.75, 3.05) is 0 Å². The molecule has 0 aliphatic carbocycles. The quantitative estimate of drug-likeness (QED) is 0.172. The van der Waals surface area contributed by atoms with Crippen molar-refractivity contribution in [2.45, 2.75) is 6.92 Å². The second kappa shape index (κ2) is 12.0. The molecule has 230 valence electrons. The van der Waals surface area contributed by atoms with E-state index in [1.165, 1.54) is 0 Å². The van der Waals surface area contributed by atoms with E-state index in [1.807, 2.05) is 86.0 Å². The Balaban J connectivity index is 1.51. The fourth-order valence-corrected chi connectivity index (χ4v) is 7.01. The average molecular weight is 628 g/mol. The van der Waals surface area contributed by atoms with Crippen LogP contribution in [0.1, 0.15) is 23.6 Å². The number of aromatic nitrogens is 3. The molecular formula is C44H29N5. The lowest BCUT2D eigenvalue weighted by molar-refractivity contribution is 1.13. The van der Waals surface area contributed by atoms with Crippen LogP contribution in [0.25, 0.3) is 71.7 Å². The smallest absolute Gasteiger partial charge is 0.104 e. The minimum Gasteiger partial charge on any atom is -0.308 e. The number of benzene rings is 5. The molecule has 0 bridgehead atoms. The van der Waals surface area contributed by atoms with E-state index in [-0.39, 0.29) is 0 Å². The zero-order valence-corrected chi connectivity index (χ0v) is 26.8. The number of hydrogen-bond acceptors (Lipinski definition) is 3. The molecule has 3 heterocycles. The number of para-hydroxylation sites is 1. The summed E-state index contributed by atoms with van der Waals surface area (Å²) in [4.78, 5) is 4.47. The Morgan fingerprint density at radius 1 is 0.714 bits per heavy atom. The van der Waals surface area contributed by atoms with Gasteiger partial charge in [-0.25, -0.2) is 0 Å². The lowest BCUT2D eigenvalue weighted by atomic mass is 9.99. The molecule has 0 spiro atoms. The summed E-state index contributed by atoms with van der Waals surface area (Å²) < 4.78 is 4.21. The maximum Gasteiger partial charge on any atom is 0.104 e. The monoisotopic (exact) mass is 627 g/mol. The molecule has 0 aliphatic rings. The Morgan fingerprint density at radius 3 is 2.16 bits per heavy atom. The predicted molar refractivity (Wildman–Crippen MR) is 201 cm³/mol. The van der Waals surface area contributed by atoms with Crippen molar-refractivity contribution in [3.8, 4) is 34.6 Å². The SMILES string of the molecule is C=C/C(=C\C=C/C)c1ccc2c(c1)c1cnccc1n2-c1c(C#N)cc2c3cc(-c4ccccc4)ccc3n(-c3ccccc3)c2c1C#N. The number of nitriles is 2. The van der Waals surface area contributed by atoms with E-state index in [0.29, 0.717) is 16.8 Å². The van der Waals surface area contributed by atoms with Gasteiger partial charge in [-0.1, -0.05) is 91.5 Å². The predicted octanol–water partition coefficient (Wildman–Crippen LogP) is 10.8. The largest absolute Gasteiger partial charge is 0.308 e. The first-order valence-electron chi connectivity index (χ1n) is 16.1. The van der Waals surface area contributed by atoms with Crippen molar-refractivity contribution in [1.29, 1.82) is 10.5 Å². The molecule has 0 amide bonds. The van der Waals surface area contributed by atoms with E-state index in [4.69, 9.17) is 0 Å². The van der Waals surface area contributed by atoms with Crippen molar-refractivity contribution < 1.29 is 0 Å². The molecule has 0 radical (unpaired) electrons. The van der Waals surface area contributed by atoms with Crippen molar-refractivity contribution in [2.24, 2.45) is 0 Å². The molecule has 0 saturated carbocycles. The normalized spacial score (nSPS) is 11.9. The molecule has 0 unspecified atom stereocenters. The van der Waals surface area contributed by atoms with Gasteiger partial charge in [0.15, 0.2) is 0 Å². The minimum atomic E-state index is 0.417. The lowest BCUT2D eigenvalue weighted by Gasteiger charge is -2.15. The van der Waals surface area contributed by atoms with E-state index >= 15 is 0 Å². The molecule has 5 aromatic carbocycles. The van der Waals surface area contributed by atoms with E-state index in [0.717, 1.165) is 71.6 Å². The summed E-state index contributed by atoms with van der Waals surface area (Å²) >= 11 is 0. The first-order chi connectivity index (χ1) is 24.2. The second-order valence-electron chi connectivity index (χ2n) is 11.8. The van der Waals surface area contributed by atoms with E-state index in [1.54, 1.807) is 6.20 Å². The highest BCUT2D eigenvalue weighted by Crippen LogP contribution is 2.42. The van der Waals surface area contributed by atoms with Crippen LogP contribution in [0, 0.1) is 22.7 Å². The van der Waals surface area contributed by atoms with Gasteiger partial charge in [-0.05, 0) is 77.7 Å². The number of hydrogen-bond donors (Lipinski definition) is 0. The average Bonchev–Trinajstić information content (AvgIpc) is 3.67. The molecule has 0 fully saturated rings. The Morgan fingerprint density at radius 2 is 1.43 bits per heavy atom. The van der Waals surface area contributed by atoms with Gasteiger partial charge in [0.2, 0.25) is 0 Å². The van der Waals surface area contributed by atoms with Gasteiger partial charge in [-0.3, -0.25) is 4.98 Å². The molecule has 3 aromatic heterocycles. The van der Waals surface area contributed by atoms with Gasteiger partial charge in [0.25, 0.3) is 0 Å². The number of nitrogens with zero attached hydrogens (tertiary/aromatic N) is 5. The van der Waals surface area contributed by atoms with Gasteiger partial charge >= 0.3 is 0 Å². The molecular weight excluding hydrogens is 599 g/mol. The third-order valence-corrected chi connectivity index (χ3v) is 9.19. The van der Waals surface area contributed by atoms with Crippen LogP contribution in [0.2, 0.25) is 0 Å². The molecule has 0 atom stereocenters. The van der Waals surface area contributed by atoms with Crippen LogP contribution in [0.3, 0.4) is 0 Å². The molecule has 0 N–H and O–H groups in total. The van der Waals surface area contributed by atoms with Crippen LogP contribution in [0.4, 0.5) is 0 Å². The van der Waals surface area contributed by atoms with Crippen LogP contribution in [0.5, 0.6) is 0 Å². The summed E-state index contributed by atoms with van der Waals surface area (Å²) in [6, 6.07) is 41.9. The topological polar surface area (TPSA) is 70.3 Å². The molecule has 8 rings (SSSR count). The van der Waals surface area contributed by atoms with Crippen molar-refractivity contribution >= 4 is 49.2 Å². The van der Waals surface area contributed by atoms with Crippen molar-refractivity contribution in [3.63, 3.8) is 0 Å². The molecule has 5 heteroatoms. The van der Waals surface area contributed by atoms with Gasteiger partial charge < -0.3 is 9.13 Å². The molecule has 0 saturated heterocycles. The molecule has 8 aromatic rings. The Hall–Kier alpha value is -6.95. The molecule has 5 nitrogen and oxygen atoms in total. The number of allylic oxidation sites excluding steroid dienone is 5. The summed E-state index contributed by atoms with van der Waals surface area (Å²) in [6.45, 7) is 6.02. The number of pyridine rings is 1. The van der Waals surface area contributed by atoms with Crippen LogP contribution >= 0.6 is 0 Å². The minimum absolute atomic E-state index is 0.417. The first kappa shape index (κ1) is 29.5. The summed E-state index contributed by atoms with van der Waals surface area (Å²) in [5.74, 6) is 0. The standard InChI is InChI=1S/C44H29N5/c1-3-5-12-29(4-2)31-17-20-41-36(23-31)39-28-47-22-21-42(39)49(41)43-33(26-45)25-37-35-24-32(30-13-8-6-9-14-30)18-19-40(35)48(44(37)38(43)27-46)34-15-10-7-11-16-34/h3-25,28H,2H2,1H3/b5-3-,29-12+. The maximum atomic E-state index is 11.1. The maximum absolute atomic E-state index is 11.1. The van der Waals surface area contributed by atoms with Gasteiger partial charge in [-0.2, -0.15) is 10.5 Å². The van der Waals surface area contributed by atoms with Crippen LogP contribution in [-0.4, -0.2) is 14.1 Å². The number of rotatable bonds is 6. The van der Waals surface area contributed by atoms with Crippen molar-refractivity contribution in [1.82, 2.24) is 14.1 Å². The van der Waals surface area contributed by atoms with Crippen LogP contribution in [-0.2, 0) is 0 Å². The fourth-order valence-electron chi connectivity index (χ4n) is 7.01. The highest BCUT2D eigenvalue weighted by Gasteiger charge is 2.25. The number of fused-ring (bicyclic) bond motifs is 6. The van der Waals surface area contributed by atoms with Gasteiger partial charge in [-0.15, -0.1) is 0 Å². The van der Waals surface area contributed by atoms with Gasteiger partial charge in [0.1, 0.15) is 17.7 Å². The molecule has 0 aliphatic heterocycles. The zero-order valence-electron chi connectivity index (χ0n) is 26.8. The third kappa shape index (κ3) is 4.65. The summed E-state index contributed by atoms with van der Waals surface area (Å²) in [5, 5.41) is 25.6. The van der Waals surface area contributed by atoms with Gasteiger partial charge in [0, 0.05) is 39.6 Å². The highest BCUT2D eigenvalue weighted by atomic mass is 15.0. The summed E-state index contributed by atoms with van der Waals surface area (Å²) in [7, 11) is 0. The van der Waals surface area contributed by atoms with Gasteiger partial charge in [0.05, 0.1) is 33.3 Å². The van der Waals surface area contributed by atoms with Crippen LogP contribution < -0.4 is 0 Å². The van der Waals surface area contributed by atoms with E-state index < -0.39 is 0 Å². The van der Waals surface area contributed by atoms with Crippen LogP contribution in [0.15, 0.2) is 152 Å². The lowest BCUT2D eigenvalue weighted by Crippen LogP contribution is -2.04. The Bertz CT molecular complexity index is 2750. The molecule has 49 heavy (non-hydrogen) atoms. The summed E-state index contributed by atoms with van der Waals surface area (Å²) in [6.07, 6.45) is 11.5. The summed E-state index contributed by atoms with van der Waals surface area (Å²) in [5.41, 5.74) is 9.94. The first-order valence-corrected chi connectivity index (χ1v) is 16.1.